The summed E-state index contributed by atoms with van der Waals surface area (Å²) in [6, 6.07) is 2.55. The van der Waals surface area contributed by atoms with Gasteiger partial charge in [0.05, 0.1) is 5.69 Å². The number of hydrogen-bond acceptors (Lipinski definition) is 4. The topological polar surface area (TPSA) is 59.5 Å². The van der Waals surface area contributed by atoms with Crippen LogP contribution in [0.2, 0.25) is 0 Å². The molecule has 1 saturated carbocycles. The largest absolute Gasteiger partial charge is 0.358 e. The molecule has 0 aliphatic heterocycles. The van der Waals surface area contributed by atoms with Gasteiger partial charge < -0.3 is 10.6 Å². The fourth-order valence-electron chi connectivity index (χ4n) is 2.91. The van der Waals surface area contributed by atoms with Crippen molar-refractivity contribution < 1.29 is 0 Å². The van der Waals surface area contributed by atoms with E-state index >= 15 is 0 Å². The molecule has 0 unspecified atom stereocenters. The van der Waals surface area contributed by atoms with E-state index in [0.717, 1.165) is 36.4 Å². The maximum absolute atomic E-state index is 5.86. The molecule has 20 heavy (non-hydrogen) atoms. The van der Waals surface area contributed by atoms with E-state index in [-0.39, 0.29) is 0 Å². The smallest absolute Gasteiger partial charge is 0.154 e. The molecule has 0 bridgehead atoms. The zero-order chi connectivity index (χ0) is 14.3. The summed E-state index contributed by atoms with van der Waals surface area (Å²) in [4.78, 5) is 6.78. The lowest BCUT2D eigenvalue weighted by Crippen LogP contribution is -2.42. The van der Waals surface area contributed by atoms with Gasteiger partial charge in [-0.25, -0.2) is 9.50 Å². The standard InChI is InChI=1S/C15H23N5/c1-10(2)13-8-14-15(17-4-5-20(14)18-13)19(3)9-11-6-12(16)7-11/h4-5,8,10-12H,6-7,9,16H2,1-3H3. The van der Waals surface area contributed by atoms with Gasteiger partial charge in [-0.15, -0.1) is 0 Å². The SMILES string of the molecule is CC(C)c1cc2c(N(C)CC3CC(N)C3)nccn2n1. The van der Waals surface area contributed by atoms with Crippen LogP contribution in [0.15, 0.2) is 18.5 Å². The Balaban J connectivity index is 1.86. The first-order chi connectivity index (χ1) is 9.54. The number of nitrogens with zero attached hydrogens (tertiary/aromatic N) is 4. The van der Waals surface area contributed by atoms with E-state index in [1.165, 1.54) is 0 Å². The Hall–Kier alpha value is -1.62. The molecule has 1 fully saturated rings. The highest BCUT2D eigenvalue weighted by atomic mass is 15.3. The Morgan fingerprint density at radius 1 is 1.45 bits per heavy atom. The summed E-state index contributed by atoms with van der Waals surface area (Å²) in [6.07, 6.45) is 5.99. The van der Waals surface area contributed by atoms with E-state index in [1.54, 1.807) is 0 Å². The van der Waals surface area contributed by atoms with Crippen LogP contribution in [-0.2, 0) is 0 Å². The molecule has 2 aromatic heterocycles. The maximum atomic E-state index is 5.86. The Morgan fingerprint density at radius 2 is 2.20 bits per heavy atom. The average Bonchev–Trinajstić information content (AvgIpc) is 2.80. The summed E-state index contributed by atoms with van der Waals surface area (Å²) in [5, 5.41) is 4.61. The highest BCUT2D eigenvalue weighted by Crippen LogP contribution is 2.29. The second-order valence-electron chi connectivity index (χ2n) is 6.28. The van der Waals surface area contributed by atoms with E-state index in [9.17, 15) is 0 Å². The zero-order valence-corrected chi connectivity index (χ0v) is 12.5. The van der Waals surface area contributed by atoms with Gasteiger partial charge in [0.2, 0.25) is 0 Å². The highest BCUT2D eigenvalue weighted by molar-refractivity contribution is 5.69. The van der Waals surface area contributed by atoms with Gasteiger partial charge in [0, 0.05) is 32.0 Å². The second kappa shape index (κ2) is 5.05. The van der Waals surface area contributed by atoms with E-state index in [2.05, 4.69) is 41.9 Å². The van der Waals surface area contributed by atoms with Gasteiger partial charge in [0.1, 0.15) is 5.52 Å². The van der Waals surface area contributed by atoms with Crippen LogP contribution < -0.4 is 10.6 Å². The van der Waals surface area contributed by atoms with Crippen molar-refractivity contribution in [3.05, 3.63) is 24.2 Å². The molecule has 5 nitrogen and oxygen atoms in total. The van der Waals surface area contributed by atoms with Crippen LogP contribution in [0.3, 0.4) is 0 Å². The number of hydrogen-bond donors (Lipinski definition) is 1. The molecular formula is C15H23N5. The first-order valence-electron chi connectivity index (χ1n) is 7.35. The maximum Gasteiger partial charge on any atom is 0.154 e. The monoisotopic (exact) mass is 273 g/mol. The summed E-state index contributed by atoms with van der Waals surface area (Å²) in [5.74, 6) is 2.13. The molecule has 3 rings (SSSR count). The van der Waals surface area contributed by atoms with Gasteiger partial charge in [0.15, 0.2) is 5.82 Å². The number of anilines is 1. The van der Waals surface area contributed by atoms with Crippen LogP contribution in [0.5, 0.6) is 0 Å². The van der Waals surface area contributed by atoms with Crippen LogP contribution in [0.25, 0.3) is 5.52 Å². The molecule has 2 N–H and O–H groups in total. The fourth-order valence-corrected chi connectivity index (χ4v) is 2.91. The quantitative estimate of drug-likeness (QED) is 0.926. The Labute approximate surface area is 119 Å². The fraction of sp³-hybridized carbons (Fsp3) is 0.600. The summed E-state index contributed by atoms with van der Waals surface area (Å²) in [5.41, 5.74) is 8.06. The van der Waals surface area contributed by atoms with Crippen LogP contribution in [-0.4, -0.2) is 34.2 Å². The molecule has 108 valence electrons. The third kappa shape index (κ3) is 2.38. The molecule has 5 heteroatoms. The highest BCUT2D eigenvalue weighted by Gasteiger charge is 2.27. The average molecular weight is 273 g/mol. The third-order valence-electron chi connectivity index (χ3n) is 4.15. The first kappa shape index (κ1) is 13.4. The lowest BCUT2D eigenvalue weighted by Gasteiger charge is -2.35. The minimum atomic E-state index is 0.402. The molecule has 2 aromatic rings. The molecule has 1 aliphatic rings. The lowest BCUT2D eigenvalue weighted by molar-refractivity contribution is 0.271. The Bertz CT molecular complexity index is 597. The molecule has 2 heterocycles. The van der Waals surface area contributed by atoms with Gasteiger partial charge in [-0.2, -0.15) is 5.10 Å². The molecular weight excluding hydrogens is 250 g/mol. The van der Waals surface area contributed by atoms with Gasteiger partial charge in [0.25, 0.3) is 0 Å². The van der Waals surface area contributed by atoms with Crippen LogP contribution in [0.1, 0.15) is 38.3 Å². The van der Waals surface area contributed by atoms with Crippen molar-refractivity contribution in [1.29, 1.82) is 0 Å². The van der Waals surface area contributed by atoms with E-state index < -0.39 is 0 Å². The number of rotatable bonds is 4. The molecule has 0 atom stereocenters. The molecule has 0 radical (unpaired) electrons. The second-order valence-corrected chi connectivity index (χ2v) is 6.28. The van der Waals surface area contributed by atoms with Crippen LogP contribution >= 0.6 is 0 Å². The Kier molecular flexibility index (Phi) is 3.38. The minimum Gasteiger partial charge on any atom is -0.358 e. The van der Waals surface area contributed by atoms with E-state index in [0.29, 0.717) is 17.9 Å². The Morgan fingerprint density at radius 3 is 2.85 bits per heavy atom. The molecule has 0 amide bonds. The first-order valence-corrected chi connectivity index (χ1v) is 7.35. The van der Waals surface area contributed by atoms with Crippen molar-refractivity contribution in [2.24, 2.45) is 11.7 Å². The molecule has 0 saturated heterocycles. The van der Waals surface area contributed by atoms with Gasteiger partial charge in [-0.3, -0.25) is 0 Å². The van der Waals surface area contributed by atoms with Crippen LogP contribution in [0, 0.1) is 5.92 Å². The van der Waals surface area contributed by atoms with Crippen molar-refractivity contribution in [3.8, 4) is 0 Å². The van der Waals surface area contributed by atoms with Gasteiger partial charge >= 0.3 is 0 Å². The summed E-state index contributed by atoms with van der Waals surface area (Å²) >= 11 is 0. The lowest BCUT2D eigenvalue weighted by atomic mass is 9.80. The number of nitrogens with two attached hydrogens (primary N) is 1. The molecule has 1 aliphatic carbocycles. The van der Waals surface area contributed by atoms with E-state index in [4.69, 9.17) is 5.73 Å². The van der Waals surface area contributed by atoms with Crippen molar-refractivity contribution in [3.63, 3.8) is 0 Å². The predicted octanol–water partition coefficient (Wildman–Crippen LogP) is 2.03. The van der Waals surface area contributed by atoms with Gasteiger partial charge in [-0.05, 0) is 30.7 Å². The molecule has 0 aromatic carbocycles. The zero-order valence-electron chi connectivity index (χ0n) is 12.5. The summed E-state index contributed by atoms with van der Waals surface area (Å²) < 4.78 is 1.93. The summed E-state index contributed by atoms with van der Waals surface area (Å²) in [6.45, 7) is 5.34. The predicted molar refractivity (Wildman–Crippen MR) is 81.0 cm³/mol. The van der Waals surface area contributed by atoms with Crippen molar-refractivity contribution in [2.75, 3.05) is 18.5 Å². The molecule has 0 spiro atoms. The van der Waals surface area contributed by atoms with Crippen molar-refractivity contribution >= 4 is 11.3 Å². The minimum absolute atomic E-state index is 0.402. The number of fused-ring (bicyclic) bond motifs is 1. The number of aromatic nitrogens is 3. The van der Waals surface area contributed by atoms with Gasteiger partial charge in [-0.1, -0.05) is 13.8 Å². The third-order valence-corrected chi connectivity index (χ3v) is 4.15. The van der Waals surface area contributed by atoms with E-state index in [1.807, 2.05) is 16.9 Å². The van der Waals surface area contributed by atoms with Crippen LogP contribution in [0.4, 0.5) is 5.82 Å². The normalized spacial score (nSPS) is 22.2. The van der Waals surface area contributed by atoms with Crippen molar-refractivity contribution in [1.82, 2.24) is 14.6 Å². The van der Waals surface area contributed by atoms with Crippen molar-refractivity contribution in [2.45, 2.75) is 38.6 Å². The summed E-state index contributed by atoms with van der Waals surface area (Å²) in [7, 11) is 2.11.